The van der Waals surface area contributed by atoms with E-state index in [-0.39, 0.29) is 31.1 Å². The molecule has 11 heteroatoms. The predicted molar refractivity (Wildman–Crippen MR) is 105 cm³/mol. The fourth-order valence-electron chi connectivity index (χ4n) is 2.75. The van der Waals surface area contributed by atoms with E-state index in [1.54, 1.807) is 19.1 Å². The molecule has 162 valence electrons. The van der Waals surface area contributed by atoms with Gasteiger partial charge in [-0.05, 0) is 13.0 Å². The van der Waals surface area contributed by atoms with Gasteiger partial charge in [0.1, 0.15) is 17.6 Å². The van der Waals surface area contributed by atoms with E-state index in [0.29, 0.717) is 28.3 Å². The first kappa shape index (κ1) is 22.0. The molecule has 3 rings (SSSR count). The first-order valence-corrected chi connectivity index (χ1v) is 9.57. The molecule has 0 bridgehead atoms. The van der Waals surface area contributed by atoms with E-state index in [1.807, 2.05) is 0 Å². The van der Waals surface area contributed by atoms with Crippen LogP contribution in [0.1, 0.15) is 31.0 Å². The molecule has 0 fully saturated rings. The summed E-state index contributed by atoms with van der Waals surface area (Å²) in [5.41, 5.74) is 5.02. The molecule has 0 saturated heterocycles. The summed E-state index contributed by atoms with van der Waals surface area (Å²) in [5, 5.41) is 23.2. The van der Waals surface area contributed by atoms with Gasteiger partial charge in [0.15, 0.2) is 11.7 Å². The molecule has 0 radical (unpaired) electrons. The number of rotatable bonds is 10. The van der Waals surface area contributed by atoms with Crippen LogP contribution in [-0.4, -0.2) is 51.7 Å². The van der Waals surface area contributed by atoms with Gasteiger partial charge in [0.25, 0.3) is 0 Å². The summed E-state index contributed by atoms with van der Waals surface area (Å²) in [5.74, 6) is -0.0810. The van der Waals surface area contributed by atoms with Crippen molar-refractivity contribution in [1.82, 2.24) is 10.1 Å². The predicted octanol–water partition coefficient (Wildman–Crippen LogP) is 1.77. The molecule has 0 spiro atoms. The highest BCUT2D eigenvalue weighted by Gasteiger charge is 2.37. The van der Waals surface area contributed by atoms with Crippen molar-refractivity contribution in [3.8, 4) is 5.75 Å². The first-order chi connectivity index (χ1) is 14.4. The Bertz CT molecular complexity index is 992. The third-order valence-electron chi connectivity index (χ3n) is 4.41. The van der Waals surface area contributed by atoms with Crippen LogP contribution in [0.15, 0.2) is 33.5 Å². The maximum atomic E-state index is 12.3. The lowest BCUT2D eigenvalue weighted by molar-refractivity contribution is -0.152. The SMILES string of the molecule is CC(Oc1cc2onc(CC(N)(CO)C(=O)OCCCO)c2cc1Cl)c1ncco1. The Morgan fingerprint density at radius 1 is 1.40 bits per heavy atom. The van der Waals surface area contributed by atoms with E-state index in [1.165, 1.54) is 12.5 Å². The molecule has 3 aromatic rings. The summed E-state index contributed by atoms with van der Waals surface area (Å²) in [6.07, 6.45) is 2.59. The number of halogens is 1. The quantitative estimate of drug-likeness (QED) is 0.314. The van der Waals surface area contributed by atoms with Gasteiger partial charge in [-0.1, -0.05) is 16.8 Å². The average molecular weight is 440 g/mol. The van der Waals surface area contributed by atoms with Crippen molar-refractivity contribution in [3.05, 3.63) is 41.2 Å². The van der Waals surface area contributed by atoms with E-state index >= 15 is 0 Å². The largest absolute Gasteiger partial charge is 0.479 e. The van der Waals surface area contributed by atoms with Crippen molar-refractivity contribution < 1.29 is 33.4 Å². The van der Waals surface area contributed by atoms with Crippen LogP contribution < -0.4 is 10.5 Å². The van der Waals surface area contributed by atoms with E-state index < -0.39 is 24.2 Å². The number of oxazole rings is 1. The van der Waals surface area contributed by atoms with Crippen LogP contribution in [0.3, 0.4) is 0 Å². The average Bonchev–Trinajstić information content (AvgIpc) is 3.39. The van der Waals surface area contributed by atoms with E-state index in [0.717, 1.165) is 0 Å². The van der Waals surface area contributed by atoms with Crippen molar-refractivity contribution >= 4 is 28.5 Å². The van der Waals surface area contributed by atoms with Crippen molar-refractivity contribution in [1.29, 1.82) is 0 Å². The van der Waals surface area contributed by atoms with Crippen LogP contribution in [0.5, 0.6) is 5.75 Å². The standard InChI is InChI=1S/C19H22ClN3O7/c1-11(17-22-3-6-27-17)29-16-8-15-12(7-13(16)20)14(23-30-15)9-19(21,10-25)18(26)28-5-2-4-24/h3,6-8,11,24-25H,2,4-5,9-10,21H2,1H3. The highest BCUT2D eigenvalue weighted by atomic mass is 35.5. The van der Waals surface area contributed by atoms with Gasteiger partial charge in [-0.3, -0.25) is 0 Å². The summed E-state index contributed by atoms with van der Waals surface area (Å²) in [4.78, 5) is 16.3. The van der Waals surface area contributed by atoms with Gasteiger partial charge in [-0.2, -0.15) is 0 Å². The fourth-order valence-corrected chi connectivity index (χ4v) is 2.96. The van der Waals surface area contributed by atoms with Gasteiger partial charge < -0.3 is 34.4 Å². The van der Waals surface area contributed by atoms with Gasteiger partial charge in [0.05, 0.1) is 30.1 Å². The Labute approximate surface area is 176 Å². The lowest BCUT2D eigenvalue weighted by atomic mass is 9.94. The number of ether oxygens (including phenoxy) is 2. The number of nitrogens with two attached hydrogens (primary N) is 1. The van der Waals surface area contributed by atoms with Crippen molar-refractivity contribution in [2.75, 3.05) is 19.8 Å². The molecule has 0 aliphatic heterocycles. The smallest absolute Gasteiger partial charge is 0.328 e. The zero-order chi connectivity index (χ0) is 21.7. The number of aromatic nitrogens is 2. The summed E-state index contributed by atoms with van der Waals surface area (Å²) in [6, 6.07) is 3.14. The highest BCUT2D eigenvalue weighted by Crippen LogP contribution is 2.35. The van der Waals surface area contributed by atoms with Gasteiger partial charge in [0, 0.05) is 30.9 Å². The number of nitrogens with zero attached hydrogens (tertiary/aromatic N) is 2. The number of carbonyl (C=O) groups is 1. The second kappa shape index (κ2) is 9.43. The second-order valence-electron chi connectivity index (χ2n) is 6.74. The molecule has 0 saturated carbocycles. The number of fused-ring (bicyclic) bond motifs is 1. The first-order valence-electron chi connectivity index (χ1n) is 9.19. The highest BCUT2D eigenvalue weighted by molar-refractivity contribution is 6.32. The number of aliphatic hydroxyl groups is 2. The molecule has 0 aliphatic rings. The fraction of sp³-hybridized carbons (Fsp3) is 0.421. The molecule has 1 aromatic carbocycles. The van der Waals surface area contributed by atoms with Crippen molar-refractivity contribution in [2.24, 2.45) is 5.73 Å². The number of hydrogen-bond acceptors (Lipinski definition) is 10. The molecule has 2 unspecified atom stereocenters. The maximum Gasteiger partial charge on any atom is 0.328 e. The second-order valence-corrected chi connectivity index (χ2v) is 7.15. The zero-order valence-electron chi connectivity index (χ0n) is 16.2. The van der Waals surface area contributed by atoms with Gasteiger partial charge in [0.2, 0.25) is 5.89 Å². The van der Waals surface area contributed by atoms with Crippen molar-refractivity contribution in [2.45, 2.75) is 31.4 Å². The molecule has 10 nitrogen and oxygen atoms in total. The Balaban J connectivity index is 1.80. The normalized spacial score (nSPS) is 14.4. The van der Waals surface area contributed by atoms with Crippen LogP contribution in [-0.2, 0) is 16.0 Å². The number of aliphatic hydroxyl groups excluding tert-OH is 2. The van der Waals surface area contributed by atoms with E-state index in [4.69, 9.17) is 40.9 Å². The number of carbonyl (C=O) groups excluding carboxylic acids is 1. The third kappa shape index (κ3) is 4.73. The summed E-state index contributed by atoms with van der Waals surface area (Å²) < 4.78 is 21.4. The van der Waals surface area contributed by atoms with Crippen LogP contribution in [0.25, 0.3) is 11.0 Å². The molecule has 4 N–H and O–H groups in total. The minimum Gasteiger partial charge on any atom is -0.479 e. The molecule has 0 aliphatic carbocycles. The lowest BCUT2D eigenvalue weighted by Gasteiger charge is -2.24. The molecule has 30 heavy (non-hydrogen) atoms. The Morgan fingerprint density at radius 2 is 2.20 bits per heavy atom. The van der Waals surface area contributed by atoms with Crippen LogP contribution in [0, 0.1) is 0 Å². The topological polar surface area (TPSA) is 154 Å². The van der Waals surface area contributed by atoms with Gasteiger partial charge >= 0.3 is 5.97 Å². The molecule has 2 aromatic heterocycles. The molecular formula is C19H22ClN3O7. The number of esters is 1. The summed E-state index contributed by atoms with van der Waals surface area (Å²) >= 11 is 6.35. The van der Waals surface area contributed by atoms with Crippen LogP contribution in [0.4, 0.5) is 0 Å². The minimum atomic E-state index is -1.72. The molecule has 0 amide bonds. The van der Waals surface area contributed by atoms with E-state index in [2.05, 4.69) is 10.1 Å². The van der Waals surface area contributed by atoms with Crippen LogP contribution >= 0.6 is 11.6 Å². The van der Waals surface area contributed by atoms with Gasteiger partial charge in [-0.15, -0.1) is 0 Å². The Kier molecular flexibility index (Phi) is 6.93. The summed E-state index contributed by atoms with van der Waals surface area (Å²) in [7, 11) is 0. The van der Waals surface area contributed by atoms with Crippen LogP contribution in [0.2, 0.25) is 5.02 Å². The minimum absolute atomic E-state index is 0.0108. The monoisotopic (exact) mass is 439 g/mol. The Hall–Kier alpha value is -2.66. The zero-order valence-corrected chi connectivity index (χ0v) is 17.0. The van der Waals surface area contributed by atoms with Gasteiger partial charge in [-0.25, -0.2) is 9.78 Å². The molecular weight excluding hydrogens is 418 g/mol. The maximum absolute atomic E-state index is 12.3. The Morgan fingerprint density at radius 3 is 2.87 bits per heavy atom. The number of hydrogen-bond donors (Lipinski definition) is 3. The van der Waals surface area contributed by atoms with E-state index in [9.17, 15) is 9.90 Å². The third-order valence-corrected chi connectivity index (χ3v) is 4.70. The number of benzene rings is 1. The van der Waals surface area contributed by atoms with Crippen molar-refractivity contribution in [3.63, 3.8) is 0 Å². The molecule has 2 atom stereocenters. The molecule has 2 heterocycles. The summed E-state index contributed by atoms with van der Waals surface area (Å²) in [6.45, 7) is 0.949. The lowest BCUT2D eigenvalue weighted by Crippen LogP contribution is -2.54.